The lowest BCUT2D eigenvalue weighted by Crippen LogP contribution is -2.49. The third-order valence-corrected chi connectivity index (χ3v) is 5.92. The SMILES string of the molecule is CCOc1ccccc1OC(=O)N1CCN(Cc2cnc(C)n2Cc2ccc(C#N)cc2)CC1. The number of rotatable bonds is 7. The smallest absolute Gasteiger partial charge is 0.415 e. The number of carbonyl (C=O) groups is 1. The third-order valence-electron chi connectivity index (χ3n) is 5.92. The first-order chi connectivity index (χ1) is 16.6. The Balaban J connectivity index is 1.33. The van der Waals surface area contributed by atoms with E-state index in [1.54, 1.807) is 17.0 Å². The maximum absolute atomic E-state index is 12.7. The molecule has 8 heteroatoms. The zero-order valence-electron chi connectivity index (χ0n) is 19.6. The van der Waals surface area contributed by atoms with Crippen molar-refractivity contribution >= 4 is 6.09 Å². The van der Waals surface area contributed by atoms with Crippen LogP contribution in [0.25, 0.3) is 0 Å². The number of hydrogen-bond acceptors (Lipinski definition) is 6. The molecule has 8 nitrogen and oxygen atoms in total. The van der Waals surface area contributed by atoms with Crippen molar-refractivity contribution in [2.45, 2.75) is 26.9 Å². The van der Waals surface area contributed by atoms with Gasteiger partial charge in [0.25, 0.3) is 0 Å². The van der Waals surface area contributed by atoms with E-state index in [-0.39, 0.29) is 6.09 Å². The number of hydrogen-bond donors (Lipinski definition) is 0. The van der Waals surface area contributed by atoms with Crippen molar-refractivity contribution in [1.29, 1.82) is 5.26 Å². The second-order valence-corrected chi connectivity index (χ2v) is 8.20. The van der Waals surface area contributed by atoms with Crippen LogP contribution in [-0.2, 0) is 13.1 Å². The van der Waals surface area contributed by atoms with Crippen molar-refractivity contribution in [3.8, 4) is 17.6 Å². The molecule has 1 aliphatic rings. The summed E-state index contributed by atoms with van der Waals surface area (Å²) in [5.74, 6) is 1.97. The Kier molecular flexibility index (Phi) is 7.45. The highest BCUT2D eigenvalue weighted by molar-refractivity contribution is 5.71. The number of amides is 1. The first-order valence-corrected chi connectivity index (χ1v) is 11.5. The summed E-state index contributed by atoms with van der Waals surface area (Å²) < 4.78 is 13.4. The van der Waals surface area contributed by atoms with Crippen molar-refractivity contribution in [1.82, 2.24) is 19.4 Å². The van der Waals surface area contributed by atoms with E-state index in [0.717, 1.165) is 36.7 Å². The minimum atomic E-state index is -0.353. The van der Waals surface area contributed by atoms with E-state index in [2.05, 4.69) is 20.5 Å². The molecule has 0 N–H and O–H groups in total. The highest BCUT2D eigenvalue weighted by Crippen LogP contribution is 2.27. The van der Waals surface area contributed by atoms with Crippen LogP contribution in [-0.4, -0.2) is 58.2 Å². The highest BCUT2D eigenvalue weighted by Gasteiger charge is 2.24. The topological polar surface area (TPSA) is 83.6 Å². The Hall–Kier alpha value is -3.83. The fourth-order valence-corrected chi connectivity index (χ4v) is 4.01. The van der Waals surface area contributed by atoms with E-state index in [1.807, 2.05) is 56.4 Å². The van der Waals surface area contributed by atoms with Gasteiger partial charge >= 0.3 is 6.09 Å². The molecule has 1 aromatic heterocycles. The first kappa shape index (κ1) is 23.3. The van der Waals surface area contributed by atoms with E-state index < -0.39 is 0 Å². The lowest BCUT2D eigenvalue weighted by Gasteiger charge is -2.34. The number of ether oxygens (including phenoxy) is 2. The fraction of sp³-hybridized carbons (Fsp3) is 0.346. The second-order valence-electron chi connectivity index (χ2n) is 8.20. The van der Waals surface area contributed by atoms with Crippen molar-refractivity contribution in [3.63, 3.8) is 0 Å². The van der Waals surface area contributed by atoms with Crippen LogP contribution in [0.4, 0.5) is 4.79 Å². The summed E-state index contributed by atoms with van der Waals surface area (Å²) in [6.45, 7) is 8.57. The first-order valence-electron chi connectivity index (χ1n) is 11.5. The molecule has 0 bridgehead atoms. The maximum atomic E-state index is 12.7. The van der Waals surface area contributed by atoms with Gasteiger partial charge in [0.05, 0.1) is 23.9 Å². The lowest BCUT2D eigenvalue weighted by molar-refractivity contribution is 0.106. The van der Waals surface area contributed by atoms with Gasteiger partial charge in [-0.25, -0.2) is 9.78 Å². The van der Waals surface area contributed by atoms with Crippen molar-refractivity contribution in [2.24, 2.45) is 0 Å². The van der Waals surface area contributed by atoms with Gasteiger partial charge in [0.2, 0.25) is 0 Å². The van der Waals surface area contributed by atoms with Crippen molar-refractivity contribution < 1.29 is 14.3 Å². The zero-order chi connectivity index (χ0) is 23.9. The predicted octanol–water partition coefficient (Wildman–Crippen LogP) is 3.83. The van der Waals surface area contributed by atoms with Crippen molar-refractivity contribution in [2.75, 3.05) is 32.8 Å². The van der Waals surface area contributed by atoms with Gasteiger partial charge in [-0.05, 0) is 43.7 Å². The Bertz CT molecular complexity index is 1160. The van der Waals surface area contributed by atoms with Gasteiger partial charge in [-0.1, -0.05) is 24.3 Å². The average molecular weight is 460 g/mol. The molecule has 1 saturated heterocycles. The largest absolute Gasteiger partial charge is 0.490 e. The van der Waals surface area contributed by atoms with Gasteiger partial charge in [0.15, 0.2) is 11.5 Å². The minimum Gasteiger partial charge on any atom is -0.490 e. The number of nitrogens with zero attached hydrogens (tertiary/aromatic N) is 5. The Morgan fingerprint density at radius 2 is 1.74 bits per heavy atom. The number of imidazole rings is 1. The number of aromatic nitrogens is 2. The molecule has 0 spiro atoms. The molecule has 4 rings (SSSR count). The molecule has 176 valence electrons. The van der Waals surface area contributed by atoms with Gasteiger partial charge in [-0.15, -0.1) is 0 Å². The Morgan fingerprint density at radius 1 is 1.03 bits per heavy atom. The molecule has 1 aliphatic heterocycles. The number of para-hydroxylation sites is 2. The molecule has 0 unspecified atom stereocenters. The quantitative estimate of drug-likeness (QED) is 0.534. The molecule has 0 saturated carbocycles. The van der Waals surface area contributed by atoms with E-state index in [4.69, 9.17) is 14.7 Å². The number of benzene rings is 2. The van der Waals surface area contributed by atoms with Gasteiger partial charge < -0.3 is 18.9 Å². The van der Waals surface area contributed by atoms with E-state index in [9.17, 15) is 4.79 Å². The standard InChI is InChI=1S/C26H29N5O3/c1-3-33-24-6-4-5-7-25(24)34-26(32)30-14-12-29(13-15-30)19-23-17-28-20(2)31(23)18-22-10-8-21(16-27)9-11-22/h4-11,17H,3,12-15,18-19H2,1-2H3. The van der Waals surface area contributed by atoms with Gasteiger partial charge in [0.1, 0.15) is 5.82 Å². The normalized spacial score (nSPS) is 14.0. The number of nitriles is 1. The Morgan fingerprint density at radius 3 is 2.41 bits per heavy atom. The highest BCUT2D eigenvalue weighted by atomic mass is 16.6. The molecule has 0 aliphatic carbocycles. The summed E-state index contributed by atoms with van der Waals surface area (Å²) in [6.07, 6.45) is 1.57. The molecule has 0 radical (unpaired) electrons. The fourth-order valence-electron chi connectivity index (χ4n) is 4.01. The second kappa shape index (κ2) is 10.9. The van der Waals surface area contributed by atoms with E-state index in [1.165, 1.54) is 0 Å². The maximum Gasteiger partial charge on any atom is 0.415 e. The molecule has 1 fully saturated rings. The molecule has 2 aromatic carbocycles. The summed E-state index contributed by atoms with van der Waals surface area (Å²) in [4.78, 5) is 21.3. The molecule has 1 amide bonds. The molecular weight excluding hydrogens is 430 g/mol. The molecule has 34 heavy (non-hydrogen) atoms. The lowest BCUT2D eigenvalue weighted by atomic mass is 10.1. The van der Waals surface area contributed by atoms with Crippen LogP contribution in [0.5, 0.6) is 11.5 Å². The molecular formula is C26H29N5O3. The molecule has 0 atom stereocenters. The summed E-state index contributed by atoms with van der Waals surface area (Å²) in [5, 5.41) is 9.01. The van der Waals surface area contributed by atoms with Crippen LogP contribution in [0, 0.1) is 18.3 Å². The van der Waals surface area contributed by atoms with Crippen LogP contribution >= 0.6 is 0 Å². The van der Waals surface area contributed by atoms with Gasteiger partial charge in [-0.2, -0.15) is 5.26 Å². The van der Waals surface area contributed by atoms with Crippen LogP contribution in [0.2, 0.25) is 0 Å². The number of carbonyl (C=O) groups excluding carboxylic acids is 1. The summed E-state index contributed by atoms with van der Waals surface area (Å²) in [5.41, 5.74) is 2.91. The van der Waals surface area contributed by atoms with Gasteiger partial charge in [-0.3, -0.25) is 4.90 Å². The number of aryl methyl sites for hydroxylation is 1. The number of piperazine rings is 1. The average Bonchev–Trinajstić information content (AvgIpc) is 3.20. The summed E-state index contributed by atoms with van der Waals surface area (Å²) in [6, 6.07) is 17.0. The monoisotopic (exact) mass is 459 g/mol. The minimum absolute atomic E-state index is 0.353. The van der Waals surface area contributed by atoms with Gasteiger partial charge in [0, 0.05) is 45.5 Å². The van der Waals surface area contributed by atoms with E-state index in [0.29, 0.717) is 43.3 Å². The van der Waals surface area contributed by atoms with Crippen LogP contribution in [0.1, 0.15) is 29.6 Å². The van der Waals surface area contributed by atoms with Crippen LogP contribution < -0.4 is 9.47 Å². The third kappa shape index (κ3) is 5.56. The van der Waals surface area contributed by atoms with Crippen molar-refractivity contribution in [3.05, 3.63) is 77.4 Å². The summed E-state index contributed by atoms with van der Waals surface area (Å²) >= 11 is 0. The van der Waals surface area contributed by atoms with Crippen LogP contribution in [0.15, 0.2) is 54.7 Å². The molecule has 3 aromatic rings. The molecule has 2 heterocycles. The Labute approximate surface area is 199 Å². The summed E-state index contributed by atoms with van der Waals surface area (Å²) in [7, 11) is 0. The zero-order valence-corrected chi connectivity index (χ0v) is 19.6. The van der Waals surface area contributed by atoms with E-state index >= 15 is 0 Å². The van der Waals surface area contributed by atoms with Crippen LogP contribution in [0.3, 0.4) is 0 Å². The predicted molar refractivity (Wildman–Crippen MR) is 128 cm³/mol.